The van der Waals surface area contributed by atoms with Gasteiger partial charge < -0.3 is 9.47 Å². The van der Waals surface area contributed by atoms with Crippen LogP contribution >= 0.6 is 0 Å². The van der Waals surface area contributed by atoms with Gasteiger partial charge in [0.2, 0.25) is 0 Å². The van der Waals surface area contributed by atoms with Crippen LogP contribution in [0.1, 0.15) is 15.9 Å². The summed E-state index contributed by atoms with van der Waals surface area (Å²) in [6.45, 7) is 4.13. The van der Waals surface area contributed by atoms with Crippen molar-refractivity contribution in [1.29, 1.82) is 0 Å². The quantitative estimate of drug-likeness (QED) is 0.689. The zero-order chi connectivity index (χ0) is 19.3. The predicted octanol–water partition coefficient (Wildman–Crippen LogP) is 2.68. The van der Waals surface area contributed by atoms with Crippen LogP contribution in [0.4, 0.5) is 0 Å². The van der Waals surface area contributed by atoms with Crippen LogP contribution in [0.15, 0.2) is 67.1 Å². The molecule has 1 aromatic carbocycles. The third-order valence-electron chi connectivity index (χ3n) is 5.12. The average molecular weight is 375 g/mol. The normalized spacial score (nSPS) is 15.4. The van der Waals surface area contributed by atoms with E-state index >= 15 is 0 Å². The standard InChI is InChI=1S/C22H25N5O/c1-24-21(26-12-5-6-13-26)20(18-23-24)22(28)27-16-14-25(15-17-27)11-7-10-19-8-3-2-4-9-19/h2-10,12-13,18H,11,14-17H2,1H3/b10-7+. The molecule has 144 valence electrons. The van der Waals surface area contributed by atoms with Crippen molar-refractivity contribution in [1.82, 2.24) is 24.1 Å². The lowest BCUT2D eigenvalue weighted by Gasteiger charge is -2.34. The van der Waals surface area contributed by atoms with E-state index in [2.05, 4.69) is 34.3 Å². The Balaban J connectivity index is 1.36. The van der Waals surface area contributed by atoms with E-state index in [4.69, 9.17) is 0 Å². The highest BCUT2D eigenvalue weighted by Crippen LogP contribution is 2.17. The first-order valence-electron chi connectivity index (χ1n) is 9.61. The number of carbonyl (C=O) groups is 1. The third-order valence-corrected chi connectivity index (χ3v) is 5.12. The van der Waals surface area contributed by atoms with Crippen LogP contribution in [0.2, 0.25) is 0 Å². The minimum atomic E-state index is 0.0521. The topological polar surface area (TPSA) is 46.3 Å². The summed E-state index contributed by atoms with van der Waals surface area (Å²) in [6.07, 6.45) is 9.89. The molecule has 1 amide bonds. The molecule has 0 atom stereocenters. The number of benzene rings is 1. The van der Waals surface area contributed by atoms with E-state index in [0.29, 0.717) is 5.56 Å². The number of nitrogens with zero attached hydrogens (tertiary/aromatic N) is 5. The van der Waals surface area contributed by atoms with Crippen molar-refractivity contribution in [2.24, 2.45) is 7.05 Å². The Kier molecular flexibility index (Phi) is 5.39. The number of hydrogen-bond acceptors (Lipinski definition) is 3. The first kappa shape index (κ1) is 18.3. The van der Waals surface area contributed by atoms with Gasteiger partial charge >= 0.3 is 0 Å². The van der Waals surface area contributed by atoms with Crippen molar-refractivity contribution in [2.45, 2.75) is 0 Å². The van der Waals surface area contributed by atoms with E-state index in [0.717, 1.165) is 38.5 Å². The molecular weight excluding hydrogens is 350 g/mol. The maximum Gasteiger partial charge on any atom is 0.259 e. The van der Waals surface area contributed by atoms with Gasteiger partial charge in [-0.05, 0) is 17.7 Å². The Morgan fingerprint density at radius 2 is 1.75 bits per heavy atom. The Labute approximate surface area is 165 Å². The molecule has 0 unspecified atom stereocenters. The summed E-state index contributed by atoms with van der Waals surface area (Å²) >= 11 is 0. The van der Waals surface area contributed by atoms with Crippen LogP contribution in [-0.2, 0) is 7.05 Å². The smallest absolute Gasteiger partial charge is 0.259 e. The molecule has 0 saturated carbocycles. The van der Waals surface area contributed by atoms with Crippen LogP contribution in [-0.4, -0.2) is 62.8 Å². The van der Waals surface area contributed by atoms with Crippen molar-refractivity contribution >= 4 is 12.0 Å². The number of aromatic nitrogens is 3. The van der Waals surface area contributed by atoms with Crippen LogP contribution in [0.25, 0.3) is 11.9 Å². The summed E-state index contributed by atoms with van der Waals surface area (Å²) in [5, 5.41) is 4.30. The van der Waals surface area contributed by atoms with E-state index < -0.39 is 0 Å². The predicted molar refractivity (Wildman–Crippen MR) is 110 cm³/mol. The maximum atomic E-state index is 13.1. The molecule has 1 saturated heterocycles. The molecule has 3 aromatic rings. The zero-order valence-corrected chi connectivity index (χ0v) is 16.1. The zero-order valence-electron chi connectivity index (χ0n) is 16.1. The first-order chi connectivity index (χ1) is 13.7. The Morgan fingerprint density at radius 3 is 2.46 bits per heavy atom. The molecule has 6 heteroatoms. The Bertz CT molecular complexity index is 935. The fraction of sp³-hybridized carbons (Fsp3) is 0.273. The van der Waals surface area contributed by atoms with Gasteiger partial charge in [-0.1, -0.05) is 42.5 Å². The monoisotopic (exact) mass is 375 g/mol. The van der Waals surface area contributed by atoms with E-state index in [9.17, 15) is 4.79 Å². The summed E-state index contributed by atoms with van der Waals surface area (Å²) in [7, 11) is 1.86. The molecule has 0 aliphatic carbocycles. The van der Waals surface area contributed by atoms with Crippen molar-refractivity contribution in [3.63, 3.8) is 0 Å². The minimum absolute atomic E-state index is 0.0521. The van der Waals surface area contributed by atoms with Gasteiger partial charge in [-0.15, -0.1) is 0 Å². The van der Waals surface area contributed by atoms with Gasteiger partial charge in [0.05, 0.1) is 6.20 Å². The Morgan fingerprint density at radius 1 is 1.04 bits per heavy atom. The molecule has 0 radical (unpaired) electrons. The molecule has 6 nitrogen and oxygen atoms in total. The average Bonchev–Trinajstić information content (AvgIpc) is 3.38. The number of carbonyl (C=O) groups excluding carboxylic acids is 1. The molecule has 2 aromatic heterocycles. The second-order valence-corrected chi connectivity index (χ2v) is 7.00. The summed E-state index contributed by atoms with van der Waals surface area (Å²) in [5.41, 5.74) is 1.86. The summed E-state index contributed by atoms with van der Waals surface area (Å²) in [6, 6.07) is 14.2. The molecule has 0 spiro atoms. The van der Waals surface area contributed by atoms with Crippen molar-refractivity contribution in [3.8, 4) is 5.82 Å². The molecule has 1 aliphatic rings. The number of rotatable bonds is 5. The molecule has 1 aliphatic heterocycles. The third kappa shape index (κ3) is 3.92. The molecule has 0 N–H and O–H groups in total. The number of piperazine rings is 1. The molecule has 28 heavy (non-hydrogen) atoms. The highest BCUT2D eigenvalue weighted by molar-refractivity contribution is 5.97. The fourth-order valence-corrected chi connectivity index (χ4v) is 3.57. The van der Waals surface area contributed by atoms with Gasteiger partial charge in [0.1, 0.15) is 11.4 Å². The van der Waals surface area contributed by atoms with Gasteiger partial charge in [0.15, 0.2) is 0 Å². The van der Waals surface area contributed by atoms with Crippen LogP contribution in [0.3, 0.4) is 0 Å². The van der Waals surface area contributed by atoms with Gasteiger partial charge in [0.25, 0.3) is 5.91 Å². The van der Waals surface area contributed by atoms with E-state index in [-0.39, 0.29) is 5.91 Å². The second kappa shape index (κ2) is 8.27. The number of hydrogen-bond donors (Lipinski definition) is 0. The summed E-state index contributed by atoms with van der Waals surface area (Å²) < 4.78 is 3.68. The van der Waals surface area contributed by atoms with Crippen molar-refractivity contribution in [2.75, 3.05) is 32.7 Å². The van der Waals surface area contributed by atoms with Crippen molar-refractivity contribution < 1.29 is 4.79 Å². The Hall–Kier alpha value is -3.12. The van der Waals surface area contributed by atoms with E-state index in [1.165, 1.54) is 5.56 Å². The van der Waals surface area contributed by atoms with E-state index in [1.54, 1.807) is 10.9 Å². The lowest BCUT2D eigenvalue weighted by molar-refractivity contribution is 0.0650. The van der Waals surface area contributed by atoms with Crippen molar-refractivity contribution in [3.05, 3.63) is 78.3 Å². The van der Waals surface area contributed by atoms with Gasteiger partial charge in [-0.2, -0.15) is 5.10 Å². The van der Waals surface area contributed by atoms with E-state index in [1.807, 2.05) is 59.2 Å². The maximum absolute atomic E-state index is 13.1. The lowest BCUT2D eigenvalue weighted by atomic mass is 10.2. The minimum Gasteiger partial charge on any atom is -0.336 e. The van der Waals surface area contributed by atoms with Crippen LogP contribution < -0.4 is 0 Å². The van der Waals surface area contributed by atoms with Gasteiger partial charge in [-0.3, -0.25) is 14.4 Å². The molecular formula is C22H25N5O. The molecule has 4 rings (SSSR count). The lowest BCUT2D eigenvalue weighted by Crippen LogP contribution is -2.48. The number of aryl methyl sites for hydroxylation is 1. The summed E-state index contributed by atoms with van der Waals surface area (Å²) in [4.78, 5) is 17.4. The highest BCUT2D eigenvalue weighted by Gasteiger charge is 2.25. The van der Waals surface area contributed by atoms with Crippen LogP contribution in [0.5, 0.6) is 0 Å². The summed E-state index contributed by atoms with van der Waals surface area (Å²) in [5.74, 6) is 0.861. The first-order valence-corrected chi connectivity index (χ1v) is 9.61. The fourth-order valence-electron chi connectivity index (χ4n) is 3.57. The molecule has 0 bridgehead atoms. The second-order valence-electron chi connectivity index (χ2n) is 7.00. The highest BCUT2D eigenvalue weighted by atomic mass is 16.2. The van der Waals surface area contributed by atoms with Gasteiger partial charge in [0, 0.05) is 52.2 Å². The molecule has 1 fully saturated rings. The largest absolute Gasteiger partial charge is 0.336 e. The molecule has 3 heterocycles. The van der Waals surface area contributed by atoms with Gasteiger partial charge in [-0.25, -0.2) is 0 Å². The number of amides is 1. The SMILES string of the molecule is Cn1ncc(C(=O)N2CCN(C/C=C/c3ccccc3)CC2)c1-n1cccc1. The van der Waals surface area contributed by atoms with Crippen LogP contribution in [0, 0.1) is 0 Å².